The summed E-state index contributed by atoms with van der Waals surface area (Å²) in [6.45, 7) is 2.32. The van der Waals surface area contributed by atoms with Crippen molar-refractivity contribution in [3.8, 4) is 5.75 Å². The van der Waals surface area contributed by atoms with Gasteiger partial charge in [0.1, 0.15) is 12.3 Å². The molecule has 0 atom stereocenters. The Kier molecular flexibility index (Phi) is 3.01. The Labute approximate surface area is 109 Å². The Balaban J connectivity index is 2.54. The number of para-hydroxylation sites is 1. The van der Waals surface area contributed by atoms with Gasteiger partial charge >= 0.3 is 5.97 Å². The summed E-state index contributed by atoms with van der Waals surface area (Å²) in [5, 5.41) is 8.82. The number of ether oxygens (including phenoxy) is 1. The molecule has 2 amide bonds. The van der Waals surface area contributed by atoms with Crippen LogP contribution in [0, 0.1) is 0 Å². The molecule has 100 valence electrons. The van der Waals surface area contributed by atoms with E-state index in [9.17, 15) is 14.4 Å². The fourth-order valence-electron chi connectivity index (χ4n) is 1.89. The number of carbonyl (C=O) groups is 3. The zero-order valence-electron chi connectivity index (χ0n) is 10.5. The van der Waals surface area contributed by atoms with E-state index in [1.807, 2.05) is 0 Å². The number of carbonyl (C=O) groups excluding carboxylic acids is 2. The molecular formula is C13H13NO5. The zero-order valence-corrected chi connectivity index (χ0v) is 10.5. The number of benzene rings is 1. The number of nitrogens with zero attached hydrogens (tertiary/aromatic N) is 1. The predicted octanol–water partition coefficient (Wildman–Crippen LogP) is 0.911. The standard InChI is InChI=1S/C13H13NO5/c1-13(2)12(18)14(7-10(15)16)11(17)8-5-3-4-6-9(8)19-13/h3-6H,7H2,1-2H3,(H,15,16). The van der Waals surface area contributed by atoms with Gasteiger partial charge in [-0.3, -0.25) is 19.3 Å². The third kappa shape index (κ3) is 2.29. The number of fused-ring (bicyclic) bond motifs is 1. The molecule has 6 heteroatoms. The number of carboxylic acid groups (broad SMARTS) is 1. The number of hydrogen-bond donors (Lipinski definition) is 1. The third-order valence-electron chi connectivity index (χ3n) is 2.78. The minimum atomic E-state index is -1.29. The topological polar surface area (TPSA) is 83.9 Å². The Morgan fingerprint density at radius 1 is 1.32 bits per heavy atom. The Bertz CT molecular complexity index is 564. The first-order valence-electron chi connectivity index (χ1n) is 5.69. The molecule has 1 N–H and O–H groups in total. The number of hydrogen-bond acceptors (Lipinski definition) is 4. The Morgan fingerprint density at radius 3 is 2.58 bits per heavy atom. The van der Waals surface area contributed by atoms with E-state index in [1.165, 1.54) is 19.9 Å². The van der Waals surface area contributed by atoms with Crippen molar-refractivity contribution in [3.63, 3.8) is 0 Å². The van der Waals surface area contributed by atoms with Gasteiger partial charge in [0, 0.05) is 0 Å². The smallest absolute Gasteiger partial charge is 0.323 e. The second kappa shape index (κ2) is 4.38. The van der Waals surface area contributed by atoms with E-state index in [0.717, 1.165) is 0 Å². The average Bonchev–Trinajstić information content (AvgIpc) is 2.39. The lowest BCUT2D eigenvalue weighted by molar-refractivity contribution is -0.148. The lowest BCUT2D eigenvalue weighted by Gasteiger charge is -2.26. The third-order valence-corrected chi connectivity index (χ3v) is 2.78. The summed E-state index contributed by atoms with van der Waals surface area (Å²) in [6, 6.07) is 6.38. The van der Waals surface area contributed by atoms with Gasteiger partial charge in [0.2, 0.25) is 0 Å². The molecule has 0 radical (unpaired) electrons. The van der Waals surface area contributed by atoms with E-state index >= 15 is 0 Å². The van der Waals surface area contributed by atoms with Crippen LogP contribution in [-0.2, 0) is 9.59 Å². The number of carboxylic acids is 1. The molecule has 1 aromatic rings. The highest BCUT2D eigenvalue weighted by atomic mass is 16.5. The Morgan fingerprint density at radius 2 is 1.95 bits per heavy atom. The van der Waals surface area contributed by atoms with Crippen LogP contribution < -0.4 is 4.74 Å². The van der Waals surface area contributed by atoms with Crippen LogP contribution in [0.2, 0.25) is 0 Å². The summed E-state index contributed by atoms with van der Waals surface area (Å²) < 4.78 is 5.53. The van der Waals surface area contributed by atoms with E-state index in [4.69, 9.17) is 9.84 Å². The van der Waals surface area contributed by atoms with E-state index in [2.05, 4.69) is 0 Å². The van der Waals surface area contributed by atoms with Crippen molar-refractivity contribution in [2.75, 3.05) is 6.54 Å². The monoisotopic (exact) mass is 263 g/mol. The molecule has 0 unspecified atom stereocenters. The van der Waals surface area contributed by atoms with Crippen molar-refractivity contribution in [1.29, 1.82) is 0 Å². The van der Waals surface area contributed by atoms with Gasteiger partial charge in [0.25, 0.3) is 11.8 Å². The molecule has 0 aromatic heterocycles. The fraction of sp³-hybridized carbons (Fsp3) is 0.308. The highest BCUT2D eigenvalue weighted by Crippen LogP contribution is 2.29. The predicted molar refractivity (Wildman–Crippen MR) is 64.8 cm³/mol. The maximum absolute atomic E-state index is 12.2. The molecule has 0 spiro atoms. The molecule has 0 saturated carbocycles. The van der Waals surface area contributed by atoms with E-state index < -0.39 is 29.9 Å². The molecule has 0 fully saturated rings. The summed E-state index contributed by atoms with van der Waals surface area (Å²) in [4.78, 5) is 35.9. The van der Waals surface area contributed by atoms with Crippen LogP contribution in [-0.4, -0.2) is 39.9 Å². The van der Waals surface area contributed by atoms with Crippen LogP contribution in [0.1, 0.15) is 24.2 Å². The molecule has 1 aromatic carbocycles. The molecular weight excluding hydrogens is 250 g/mol. The van der Waals surface area contributed by atoms with Crippen LogP contribution in [0.3, 0.4) is 0 Å². The van der Waals surface area contributed by atoms with Crippen molar-refractivity contribution in [2.24, 2.45) is 0 Å². The normalized spacial score (nSPS) is 17.5. The number of rotatable bonds is 2. The molecule has 0 aliphatic carbocycles. The summed E-state index contributed by atoms with van der Waals surface area (Å²) in [6.07, 6.45) is 0. The van der Waals surface area contributed by atoms with Gasteiger partial charge in [0.15, 0.2) is 5.60 Å². The SMILES string of the molecule is CC1(C)Oc2ccccc2C(=O)N(CC(=O)O)C1=O. The Hall–Kier alpha value is -2.37. The maximum Gasteiger partial charge on any atom is 0.323 e. The van der Waals surface area contributed by atoms with Gasteiger partial charge in [-0.05, 0) is 26.0 Å². The highest BCUT2D eigenvalue weighted by Gasteiger charge is 2.42. The second-order valence-electron chi connectivity index (χ2n) is 4.70. The highest BCUT2D eigenvalue weighted by molar-refractivity contribution is 6.10. The first-order chi connectivity index (χ1) is 8.83. The lowest BCUT2D eigenvalue weighted by Crippen LogP contribution is -2.50. The molecule has 0 bridgehead atoms. The zero-order chi connectivity index (χ0) is 14.2. The number of imide groups is 1. The number of aliphatic carboxylic acids is 1. The first kappa shape index (κ1) is 13.1. The van der Waals surface area contributed by atoms with Gasteiger partial charge in [-0.2, -0.15) is 0 Å². The van der Waals surface area contributed by atoms with E-state index in [1.54, 1.807) is 18.2 Å². The molecule has 2 rings (SSSR count). The molecule has 1 aliphatic heterocycles. The van der Waals surface area contributed by atoms with Crippen LogP contribution in [0.5, 0.6) is 5.75 Å². The van der Waals surface area contributed by atoms with Crippen molar-refractivity contribution < 1.29 is 24.2 Å². The molecule has 1 aliphatic rings. The van der Waals surface area contributed by atoms with Gasteiger partial charge in [-0.15, -0.1) is 0 Å². The molecule has 1 heterocycles. The summed E-state index contributed by atoms with van der Waals surface area (Å²) in [5.74, 6) is -2.31. The lowest BCUT2D eigenvalue weighted by atomic mass is 10.1. The number of amides is 2. The van der Waals surface area contributed by atoms with Crippen LogP contribution in [0.15, 0.2) is 24.3 Å². The van der Waals surface area contributed by atoms with E-state index in [0.29, 0.717) is 4.90 Å². The minimum absolute atomic E-state index is 0.183. The van der Waals surface area contributed by atoms with Gasteiger partial charge in [0.05, 0.1) is 5.56 Å². The quantitative estimate of drug-likeness (QED) is 0.802. The van der Waals surface area contributed by atoms with Crippen molar-refractivity contribution >= 4 is 17.8 Å². The molecule has 19 heavy (non-hydrogen) atoms. The van der Waals surface area contributed by atoms with Crippen molar-refractivity contribution in [3.05, 3.63) is 29.8 Å². The summed E-state index contributed by atoms with van der Waals surface area (Å²) in [7, 11) is 0. The largest absolute Gasteiger partial charge is 0.480 e. The molecule has 6 nitrogen and oxygen atoms in total. The van der Waals surface area contributed by atoms with Gasteiger partial charge < -0.3 is 9.84 Å². The van der Waals surface area contributed by atoms with Crippen LogP contribution in [0.4, 0.5) is 0 Å². The summed E-state index contributed by atoms with van der Waals surface area (Å²) in [5.41, 5.74) is -1.11. The van der Waals surface area contributed by atoms with Crippen molar-refractivity contribution in [1.82, 2.24) is 4.90 Å². The van der Waals surface area contributed by atoms with Crippen LogP contribution >= 0.6 is 0 Å². The maximum atomic E-state index is 12.2. The van der Waals surface area contributed by atoms with Crippen LogP contribution in [0.25, 0.3) is 0 Å². The fourth-order valence-corrected chi connectivity index (χ4v) is 1.89. The van der Waals surface area contributed by atoms with Gasteiger partial charge in [-0.1, -0.05) is 12.1 Å². The second-order valence-corrected chi connectivity index (χ2v) is 4.70. The first-order valence-corrected chi connectivity index (χ1v) is 5.69. The minimum Gasteiger partial charge on any atom is -0.480 e. The molecule has 0 saturated heterocycles. The van der Waals surface area contributed by atoms with Gasteiger partial charge in [-0.25, -0.2) is 0 Å². The summed E-state index contributed by atoms with van der Waals surface area (Å²) >= 11 is 0. The van der Waals surface area contributed by atoms with Crippen molar-refractivity contribution in [2.45, 2.75) is 19.4 Å². The van der Waals surface area contributed by atoms with E-state index in [-0.39, 0.29) is 11.3 Å². The average molecular weight is 263 g/mol.